The summed E-state index contributed by atoms with van der Waals surface area (Å²) >= 11 is 1.40. The Balaban J connectivity index is 1.96. The van der Waals surface area contributed by atoms with Gasteiger partial charge in [0.2, 0.25) is 0 Å². The predicted octanol–water partition coefficient (Wildman–Crippen LogP) is 1.99. The Bertz CT molecular complexity index is 586. The van der Waals surface area contributed by atoms with Crippen LogP contribution in [0, 0.1) is 5.92 Å². The lowest BCUT2D eigenvalue weighted by Gasteiger charge is -2.35. The maximum atomic E-state index is 10.1. The lowest BCUT2D eigenvalue weighted by atomic mass is 9.96. The highest BCUT2D eigenvalue weighted by molar-refractivity contribution is 7.11. The van der Waals surface area contributed by atoms with Gasteiger partial charge in [-0.05, 0) is 41.6 Å². The van der Waals surface area contributed by atoms with E-state index in [1.807, 2.05) is 12.1 Å². The molecule has 0 saturated carbocycles. The molecular formula is C14H18N4OS. The van der Waals surface area contributed by atoms with Gasteiger partial charge >= 0.3 is 0 Å². The Morgan fingerprint density at radius 1 is 1.40 bits per heavy atom. The predicted molar refractivity (Wildman–Crippen MR) is 81.8 cm³/mol. The van der Waals surface area contributed by atoms with Gasteiger partial charge in [-0.1, -0.05) is 6.92 Å². The van der Waals surface area contributed by atoms with Crippen LogP contribution in [-0.4, -0.2) is 33.7 Å². The van der Waals surface area contributed by atoms with Gasteiger partial charge < -0.3 is 15.7 Å². The first kappa shape index (κ1) is 13.3. The number of hydrogen-bond acceptors (Lipinski definition) is 6. The average Bonchev–Trinajstić information content (AvgIpc) is 2.85. The highest BCUT2D eigenvalue weighted by Crippen LogP contribution is 2.40. The summed E-state index contributed by atoms with van der Waals surface area (Å²) < 4.78 is 4.29. The molecule has 0 bridgehead atoms. The third kappa shape index (κ3) is 2.36. The number of nitrogen functional groups attached to an aromatic ring is 1. The molecule has 0 aliphatic carbocycles. The maximum absolute atomic E-state index is 10.1. The van der Waals surface area contributed by atoms with E-state index in [9.17, 15) is 5.11 Å². The minimum atomic E-state index is -0.294. The van der Waals surface area contributed by atoms with E-state index in [1.165, 1.54) is 11.5 Å². The SMILES string of the molecule is CC1CCN(c2snc(N)c2-c2ccncc2)CC1O. The molecule has 0 radical (unpaired) electrons. The monoisotopic (exact) mass is 290 g/mol. The molecule has 106 valence electrons. The number of aromatic nitrogens is 2. The number of aliphatic hydroxyl groups is 1. The summed E-state index contributed by atoms with van der Waals surface area (Å²) in [6.45, 7) is 3.66. The van der Waals surface area contributed by atoms with Gasteiger partial charge in [0, 0.05) is 25.5 Å². The van der Waals surface area contributed by atoms with E-state index in [4.69, 9.17) is 5.73 Å². The van der Waals surface area contributed by atoms with Gasteiger partial charge in [-0.3, -0.25) is 4.98 Å². The molecule has 6 heteroatoms. The van der Waals surface area contributed by atoms with Crippen LogP contribution >= 0.6 is 11.5 Å². The molecule has 1 aliphatic rings. The van der Waals surface area contributed by atoms with Crippen molar-refractivity contribution in [3.05, 3.63) is 24.5 Å². The van der Waals surface area contributed by atoms with E-state index < -0.39 is 0 Å². The van der Waals surface area contributed by atoms with Gasteiger partial charge in [-0.25, -0.2) is 0 Å². The van der Waals surface area contributed by atoms with Gasteiger partial charge in [-0.2, -0.15) is 4.37 Å². The molecule has 1 saturated heterocycles. The summed E-state index contributed by atoms with van der Waals surface area (Å²) in [5.41, 5.74) is 8.01. The second kappa shape index (κ2) is 5.38. The molecule has 2 aromatic heterocycles. The van der Waals surface area contributed by atoms with Crippen molar-refractivity contribution in [1.82, 2.24) is 9.36 Å². The van der Waals surface area contributed by atoms with Crippen molar-refractivity contribution in [2.75, 3.05) is 23.7 Å². The number of nitrogens with two attached hydrogens (primary N) is 1. The fourth-order valence-corrected chi connectivity index (χ4v) is 3.40. The summed E-state index contributed by atoms with van der Waals surface area (Å²) in [5.74, 6) is 0.894. The number of pyridine rings is 1. The van der Waals surface area contributed by atoms with Crippen LogP contribution in [0.5, 0.6) is 0 Å². The molecule has 3 N–H and O–H groups in total. The van der Waals surface area contributed by atoms with E-state index in [-0.39, 0.29) is 6.10 Å². The normalized spacial score (nSPS) is 23.0. The van der Waals surface area contributed by atoms with E-state index >= 15 is 0 Å². The minimum Gasteiger partial charge on any atom is -0.391 e. The van der Waals surface area contributed by atoms with E-state index in [1.54, 1.807) is 12.4 Å². The number of piperidine rings is 1. The van der Waals surface area contributed by atoms with E-state index in [2.05, 4.69) is 21.2 Å². The summed E-state index contributed by atoms with van der Waals surface area (Å²) in [6.07, 6.45) is 4.19. The quantitative estimate of drug-likeness (QED) is 0.884. The van der Waals surface area contributed by atoms with Crippen molar-refractivity contribution in [2.45, 2.75) is 19.4 Å². The fraction of sp³-hybridized carbons (Fsp3) is 0.429. The van der Waals surface area contributed by atoms with Gasteiger partial charge in [0.15, 0.2) is 0 Å². The largest absolute Gasteiger partial charge is 0.391 e. The smallest absolute Gasteiger partial charge is 0.147 e. The van der Waals surface area contributed by atoms with Crippen LogP contribution < -0.4 is 10.6 Å². The number of β-amino-alcohol motifs (C(OH)–C–C–N with tert-alkyl or cyclic N) is 1. The van der Waals surface area contributed by atoms with Crippen LogP contribution in [0.2, 0.25) is 0 Å². The van der Waals surface area contributed by atoms with Crippen molar-refractivity contribution in [3.8, 4) is 11.1 Å². The Labute approximate surface area is 122 Å². The zero-order valence-electron chi connectivity index (χ0n) is 11.4. The van der Waals surface area contributed by atoms with Crippen LogP contribution in [-0.2, 0) is 0 Å². The molecule has 0 spiro atoms. The third-order valence-corrected chi connectivity index (χ3v) is 4.80. The van der Waals surface area contributed by atoms with Gasteiger partial charge in [-0.15, -0.1) is 0 Å². The van der Waals surface area contributed by atoms with Crippen molar-refractivity contribution < 1.29 is 5.11 Å². The first-order valence-electron chi connectivity index (χ1n) is 6.75. The highest BCUT2D eigenvalue weighted by Gasteiger charge is 2.28. The summed E-state index contributed by atoms with van der Waals surface area (Å²) in [5, 5.41) is 11.1. The molecule has 5 nitrogen and oxygen atoms in total. The number of anilines is 2. The Hall–Kier alpha value is -1.66. The van der Waals surface area contributed by atoms with Gasteiger partial charge in [0.05, 0.1) is 11.7 Å². The molecule has 0 amide bonds. The lowest BCUT2D eigenvalue weighted by molar-refractivity contribution is 0.103. The van der Waals surface area contributed by atoms with Crippen LogP contribution in [0.1, 0.15) is 13.3 Å². The fourth-order valence-electron chi connectivity index (χ4n) is 2.53. The highest BCUT2D eigenvalue weighted by atomic mass is 32.1. The first-order chi connectivity index (χ1) is 9.66. The van der Waals surface area contributed by atoms with Crippen LogP contribution in [0.25, 0.3) is 11.1 Å². The average molecular weight is 290 g/mol. The molecule has 20 heavy (non-hydrogen) atoms. The molecule has 3 rings (SSSR count). The zero-order valence-corrected chi connectivity index (χ0v) is 12.2. The third-order valence-electron chi connectivity index (χ3n) is 3.88. The lowest BCUT2D eigenvalue weighted by Crippen LogP contribution is -2.42. The topological polar surface area (TPSA) is 75.3 Å². The van der Waals surface area contributed by atoms with Gasteiger partial charge in [0.25, 0.3) is 0 Å². The number of aliphatic hydroxyl groups excluding tert-OH is 1. The second-order valence-corrected chi connectivity index (χ2v) is 6.02. The van der Waals surface area contributed by atoms with Crippen LogP contribution in [0.4, 0.5) is 10.8 Å². The molecule has 3 heterocycles. The zero-order chi connectivity index (χ0) is 14.1. The Morgan fingerprint density at radius 3 is 2.85 bits per heavy atom. The summed E-state index contributed by atoms with van der Waals surface area (Å²) in [7, 11) is 0. The standard InChI is InChI=1S/C14H18N4OS/c1-9-4-7-18(8-11(9)19)14-12(13(15)17-20-14)10-2-5-16-6-3-10/h2-3,5-6,9,11,19H,4,7-8H2,1H3,(H2,15,17). The first-order valence-corrected chi connectivity index (χ1v) is 7.52. The Kier molecular flexibility index (Phi) is 3.58. The second-order valence-electron chi connectivity index (χ2n) is 5.26. The van der Waals surface area contributed by atoms with Gasteiger partial charge in [0.1, 0.15) is 10.8 Å². The molecule has 2 aromatic rings. The molecular weight excluding hydrogens is 272 g/mol. The molecule has 0 aromatic carbocycles. The molecule has 1 aliphatic heterocycles. The van der Waals surface area contributed by atoms with E-state index in [0.717, 1.165) is 29.1 Å². The maximum Gasteiger partial charge on any atom is 0.147 e. The van der Waals surface area contributed by atoms with Crippen LogP contribution in [0.3, 0.4) is 0 Å². The Morgan fingerprint density at radius 2 is 2.15 bits per heavy atom. The summed E-state index contributed by atoms with van der Waals surface area (Å²) in [6, 6.07) is 3.87. The molecule has 1 fully saturated rings. The molecule has 2 unspecified atom stereocenters. The van der Waals surface area contributed by atoms with Crippen molar-refractivity contribution in [3.63, 3.8) is 0 Å². The van der Waals surface area contributed by atoms with E-state index in [0.29, 0.717) is 18.3 Å². The van der Waals surface area contributed by atoms with Crippen LogP contribution in [0.15, 0.2) is 24.5 Å². The number of hydrogen-bond donors (Lipinski definition) is 2. The van der Waals surface area contributed by atoms with Crippen molar-refractivity contribution in [1.29, 1.82) is 0 Å². The summed E-state index contributed by atoms with van der Waals surface area (Å²) in [4.78, 5) is 6.23. The molecule has 2 atom stereocenters. The minimum absolute atomic E-state index is 0.294. The van der Waals surface area contributed by atoms with Crippen molar-refractivity contribution in [2.24, 2.45) is 5.92 Å². The number of rotatable bonds is 2. The van der Waals surface area contributed by atoms with Crippen molar-refractivity contribution >= 4 is 22.4 Å². The number of nitrogens with zero attached hydrogens (tertiary/aromatic N) is 3.